The van der Waals surface area contributed by atoms with Gasteiger partial charge in [-0.3, -0.25) is 0 Å². The summed E-state index contributed by atoms with van der Waals surface area (Å²) in [7, 11) is 0. The summed E-state index contributed by atoms with van der Waals surface area (Å²) < 4.78 is 13.6. The van der Waals surface area contributed by atoms with E-state index in [2.05, 4.69) is 29.6 Å². The van der Waals surface area contributed by atoms with Crippen molar-refractivity contribution in [3.63, 3.8) is 0 Å². The van der Waals surface area contributed by atoms with Crippen LogP contribution in [0.3, 0.4) is 0 Å². The van der Waals surface area contributed by atoms with Gasteiger partial charge in [-0.15, -0.1) is 0 Å². The molecule has 0 bridgehead atoms. The zero-order valence-electron chi connectivity index (χ0n) is 11.1. The van der Waals surface area contributed by atoms with Crippen molar-refractivity contribution in [2.24, 2.45) is 0 Å². The molecule has 0 aliphatic carbocycles. The summed E-state index contributed by atoms with van der Waals surface area (Å²) in [5.41, 5.74) is 4.39. The summed E-state index contributed by atoms with van der Waals surface area (Å²) in [5, 5.41) is 3.42. The molecule has 2 aromatic rings. The van der Waals surface area contributed by atoms with E-state index in [1.54, 1.807) is 13.0 Å². The molecule has 0 radical (unpaired) electrons. The Bertz CT molecular complexity index is 592. The van der Waals surface area contributed by atoms with Crippen molar-refractivity contribution >= 4 is 5.69 Å². The molecule has 1 N–H and O–H groups in total. The first kappa shape index (κ1) is 12.2. The van der Waals surface area contributed by atoms with Gasteiger partial charge < -0.3 is 5.32 Å². The standard InChI is InChI=1S/C17H18FN/c1-12-6-7-13(11-16(12)18)10-14-8-9-19-17-5-3-2-4-15(14)17/h2-7,11,14,19H,8-10H2,1H3. The second-order valence-corrected chi connectivity index (χ2v) is 5.29. The zero-order chi connectivity index (χ0) is 13.2. The third kappa shape index (κ3) is 2.48. The van der Waals surface area contributed by atoms with Crippen molar-refractivity contribution in [3.05, 3.63) is 65.0 Å². The highest BCUT2D eigenvalue weighted by molar-refractivity contribution is 5.55. The summed E-state index contributed by atoms with van der Waals surface area (Å²) in [4.78, 5) is 0. The SMILES string of the molecule is Cc1ccc(CC2CCNc3ccccc32)cc1F. The minimum Gasteiger partial charge on any atom is -0.385 e. The van der Waals surface area contributed by atoms with Crippen LogP contribution < -0.4 is 5.32 Å². The Morgan fingerprint density at radius 1 is 1.21 bits per heavy atom. The third-order valence-electron chi connectivity index (χ3n) is 3.93. The maximum Gasteiger partial charge on any atom is 0.126 e. The minimum atomic E-state index is -0.0975. The van der Waals surface area contributed by atoms with Gasteiger partial charge >= 0.3 is 0 Å². The number of anilines is 1. The van der Waals surface area contributed by atoms with Gasteiger partial charge in [0, 0.05) is 12.2 Å². The second-order valence-electron chi connectivity index (χ2n) is 5.29. The van der Waals surface area contributed by atoms with Crippen molar-refractivity contribution in [2.75, 3.05) is 11.9 Å². The molecule has 0 fully saturated rings. The number of hydrogen-bond acceptors (Lipinski definition) is 1. The van der Waals surface area contributed by atoms with E-state index >= 15 is 0 Å². The average molecular weight is 255 g/mol. The number of fused-ring (bicyclic) bond motifs is 1. The van der Waals surface area contributed by atoms with E-state index in [1.807, 2.05) is 12.1 Å². The topological polar surface area (TPSA) is 12.0 Å². The molecule has 19 heavy (non-hydrogen) atoms. The van der Waals surface area contributed by atoms with Crippen LogP contribution in [0.4, 0.5) is 10.1 Å². The molecule has 1 aliphatic rings. The van der Waals surface area contributed by atoms with E-state index in [9.17, 15) is 4.39 Å². The molecule has 0 amide bonds. The first-order valence-electron chi connectivity index (χ1n) is 6.82. The molecule has 0 saturated heterocycles. The number of rotatable bonds is 2. The molecule has 0 aromatic heterocycles. The minimum absolute atomic E-state index is 0.0975. The van der Waals surface area contributed by atoms with Crippen LogP contribution in [-0.4, -0.2) is 6.54 Å². The Kier molecular flexibility index (Phi) is 3.24. The van der Waals surface area contributed by atoms with Crippen molar-refractivity contribution in [1.82, 2.24) is 0 Å². The first-order valence-corrected chi connectivity index (χ1v) is 6.82. The predicted molar refractivity (Wildman–Crippen MR) is 77.1 cm³/mol. The fraction of sp³-hybridized carbons (Fsp3) is 0.294. The van der Waals surface area contributed by atoms with Gasteiger partial charge in [-0.25, -0.2) is 4.39 Å². The van der Waals surface area contributed by atoms with Gasteiger partial charge in [-0.05, 0) is 54.5 Å². The van der Waals surface area contributed by atoms with E-state index in [0.29, 0.717) is 5.92 Å². The summed E-state index contributed by atoms with van der Waals surface area (Å²) in [5.74, 6) is 0.388. The number of nitrogens with one attached hydrogen (secondary N) is 1. The molecule has 1 nitrogen and oxygen atoms in total. The Hall–Kier alpha value is -1.83. The fourth-order valence-corrected chi connectivity index (χ4v) is 2.81. The Morgan fingerprint density at radius 3 is 2.89 bits per heavy atom. The Labute approximate surface area is 113 Å². The quantitative estimate of drug-likeness (QED) is 0.844. The number of aryl methyl sites for hydroxylation is 1. The van der Waals surface area contributed by atoms with Gasteiger partial charge in [0.1, 0.15) is 5.82 Å². The van der Waals surface area contributed by atoms with Crippen molar-refractivity contribution in [3.8, 4) is 0 Å². The maximum absolute atomic E-state index is 13.6. The number of hydrogen-bond donors (Lipinski definition) is 1. The van der Waals surface area contributed by atoms with Gasteiger partial charge in [0.25, 0.3) is 0 Å². The van der Waals surface area contributed by atoms with Crippen LogP contribution in [0, 0.1) is 12.7 Å². The zero-order valence-corrected chi connectivity index (χ0v) is 11.1. The first-order chi connectivity index (χ1) is 9.24. The monoisotopic (exact) mass is 255 g/mol. The van der Waals surface area contributed by atoms with E-state index < -0.39 is 0 Å². The largest absolute Gasteiger partial charge is 0.385 e. The molecule has 0 saturated carbocycles. The molecular weight excluding hydrogens is 237 g/mol. The summed E-state index contributed by atoms with van der Waals surface area (Å²) >= 11 is 0. The van der Waals surface area contributed by atoms with E-state index in [0.717, 1.165) is 30.5 Å². The van der Waals surface area contributed by atoms with Crippen molar-refractivity contribution < 1.29 is 4.39 Å². The Balaban J connectivity index is 1.86. The number of benzene rings is 2. The molecule has 1 unspecified atom stereocenters. The van der Waals surface area contributed by atoms with Crippen LogP contribution in [0.15, 0.2) is 42.5 Å². The smallest absolute Gasteiger partial charge is 0.126 e. The van der Waals surface area contributed by atoms with Crippen LogP contribution in [-0.2, 0) is 6.42 Å². The second kappa shape index (κ2) is 5.04. The highest BCUT2D eigenvalue weighted by Gasteiger charge is 2.19. The molecule has 98 valence electrons. The average Bonchev–Trinajstić information content (AvgIpc) is 2.43. The van der Waals surface area contributed by atoms with Crippen LogP contribution in [0.1, 0.15) is 29.0 Å². The van der Waals surface area contributed by atoms with Crippen molar-refractivity contribution in [1.29, 1.82) is 0 Å². The van der Waals surface area contributed by atoms with Crippen LogP contribution in [0.25, 0.3) is 0 Å². The van der Waals surface area contributed by atoms with Gasteiger partial charge in [0.2, 0.25) is 0 Å². The van der Waals surface area contributed by atoms with E-state index in [4.69, 9.17) is 0 Å². The lowest BCUT2D eigenvalue weighted by atomic mass is 9.86. The van der Waals surface area contributed by atoms with Gasteiger partial charge in [0.05, 0.1) is 0 Å². The molecule has 2 aromatic carbocycles. The summed E-state index contributed by atoms with van der Waals surface area (Å²) in [6.07, 6.45) is 2.02. The van der Waals surface area contributed by atoms with E-state index in [-0.39, 0.29) is 5.82 Å². The van der Waals surface area contributed by atoms with Crippen LogP contribution >= 0.6 is 0 Å². The highest BCUT2D eigenvalue weighted by Crippen LogP contribution is 2.33. The number of halogens is 1. The molecule has 3 rings (SSSR count). The molecule has 1 aliphatic heterocycles. The van der Waals surface area contributed by atoms with Gasteiger partial charge in [0.15, 0.2) is 0 Å². The van der Waals surface area contributed by atoms with E-state index in [1.165, 1.54) is 11.3 Å². The van der Waals surface area contributed by atoms with Gasteiger partial charge in [-0.2, -0.15) is 0 Å². The molecule has 0 spiro atoms. The van der Waals surface area contributed by atoms with Crippen LogP contribution in [0.5, 0.6) is 0 Å². The summed E-state index contributed by atoms with van der Waals surface area (Å²) in [6, 6.07) is 14.0. The van der Waals surface area contributed by atoms with Crippen molar-refractivity contribution in [2.45, 2.75) is 25.7 Å². The fourth-order valence-electron chi connectivity index (χ4n) is 2.81. The lowest BCUT2D eigenvalue weighted by Crippen LogP contribution is -2.18. The molecule has 1 heterocycles. The Morgan fingerprint density at radius 2 is 2.05 bits per heavy atom. The van der Waals surface area contributed by atoms with Gasteiger partial charge in [-0.1, -0.05) is 30.3 Å². The normalized spacial score (nSPS) is 17.7. The third-order valence-corrected chi connectivity index (χ3v) is 3.93. The lowest BCUT2D eigenvalue weighted by Gasteiger charge is -2.26. The molecular formula is C17H18FN. The van der Waals surface area contributed by atoms with Crippen LogP contribution in [0.2, 0.25) is 0 Å². The predicted octanol–water partition coefficient (Wildman–Crippen LogP) is 4.28. The molecule has 2 heteroatoms. The lowest BCUT2D eigenvalue weighted by molar-refractivity contribution is 0.601. The maximum atomic E-state index is 13.6. The number of para-hydroxylation sites is 1. The summed E-state index contributed by atoms with van der Waals surface area (Å²) in [6.45, 7) is 2.80. The highest BCUT2D eigenvalue weighted by atomic mass is 19.1. The molecule has 1 atom stereocenters.